The van der Waals surface area contributed by atoms with Gasteiger partial charge in [0.05, 0.1) is 5.69 Å². The molecule has 0 aliphatic heterocycles. The average molecular weight is 435 g/mol. The molecule has 0 aliphatic carbocycles. The number of hydrogen-bond donors (Lipinski definition) is 2. The third-order valence-corrected chi connectivity index (χ3v) is 5.53. The van der Waals surface area contributed by atoms with Crippen LogP contribution in [-0.4, -0.2) is 20.4 Å². The first-order valence-corrected chi connectivity index (χ1v) is 9.03. The van der Waals surface area contributed by atoms with Gasteiger partial charge in [-0.3, -0.25) is 4.72 Å². The third kappa shape index (κ3) is 3.56. The molecule has 1 aromatic carbocycles. The predicted molar refractivity (Wildman–Crippen MR) is 91.2 cm³/mol. The maximum absolute atomic E-state index is 12.6. The van der Waals surface area contributed by atoms with Crippen LogP contribution >= 0.6 is 31.9 Å². The second kappa shape index (κ2) is 6.33. The Morgan fingerprint density at radius 1 is 1.24 bits per heavy atom. The van der Waals surface area contributed by atoms with E-state index in [9.17, 15) is 8.42 Å². The number of sulfonamides is 1. The van der Waals surface area contributed by atoms with E-state index in [0.717, 1.165) is 10.0 Å². The van der Waals surface area contributed by atoms with Gasteiger partial charge < -0.3 is 5.32 Å². The molecule has 1 aromatic heterocycles. The van der Waals surface area contributed by atoms with Gasteiger partial charge in [-0.25, -0.2) is 13.4 Å². The molecule has 0 saturated heterocycles. The third-order valence-electron chi connectivity index (χ3n) is 2.86. The highest BCUT2D eigenvalue weighted by atomic mass is 79.9. The van der Waals surface area contributed by atoms with Gasteiger partial charge in [0.15, 0.2) is 0 Å². The number of nitrogens with zero attached hydrogens (tertiary/aromatic N) is 1. The first-order valence-electron chi connectivity index (χ1n) is 5.96. The van der Waals surface area contributed by atoms with Gasteiger partial charge in [0.1, 0.15) is 10.7 Å². The number of nitrogens with one attached hydrogen (secondary N) is 2. The van der Waals surface area contributed by atoms with E-state index in [1.165, 1.54) is 12.3 Å². The van der Waals surface area contributed by atoms with Gasteiger partial charge in [0, 0.05) is 22.2 Å². The number of pyridine rings is 1. The summed E-state index contributed by atoms with van der Waals surface area (Å²) in [6, 6.07) is 6.84. The number of benzene rings is 1. The van der Waals surface area contributed by atoms with E-state index in [-0.39, 0.29) is 4.90 Å². The fourth-order valence-electron chi connectivity index (χ4n) is 1.73. The van der Waals surface area contributed by atoms with Crippen LogP contribution in [0.1, 0.15) is 5.56 Å². The molecule has 21 heavy (non-hydrogen) atoms. The van der Waals surface area contributed by atoms with Gasteiger partial charge >= 0.3 is 0 Å². The van der Waals surface area contributed by atoms with E-state index >= 15 is 0 Å². The molecule has 1 heterocycles. The lowest BCUT2D eigenvalue weighted by Gasteiger charge is -2.14. The molecule has 0 unspecified atom stereocenters. The molecular formula is C13H13Br2N3O2S. The highest BCUT2D eigenvalue weighted by Gasteiger charge is 2.21. The van der Waals surface area contributed by atoms with Crippen LogP contribution < -0.4 is 10.0 Å². The van der Waals surface area contributed by atoms with Crippen molar-refractivity contribution >= 4 is 53.4 Å². The number of halogens is 2. The lowest BCUT2D eigenvalue weighted by molar-refractivity contribution is 0.601. The van der Waals surface area contributed by atoms with Crippen LogP contribution in [0, 0.1) is 6.92 Å². The molecule has 0 saturated carbocycles. The fourth-order valence-corrected chi connectivity index (χ4v) is 3.89. The Kier molecular flexibility index (Phi) is 4.90. The number of anilines is 2. The topological polar surface area (TPSA) is 71.1 Å². The number of rotatable bonds is 4. The largest absolute Gasteiger partial charge is 0.372 e. The van der Waals surface area contributed by atoms with Crippen molar-refractivity contribution in [2.24, 2.45) is 0 Å². The molecule has 112 valence electrons. The minimum Gasteiger partial charge on any atom is -0.372 e. The molecule has 2 aromatic rings. The fraction of sp³-hybridized carbons (Fsp3) is 0.154. The molecule has 2 N–H and O–H groups in total. The quantitative estimate of drug-likeness (QED) is 0.768. The Morgan fingerprint density at radius 2 is 1.95 bits per heavy atom. The summed E-state index contributed by atoms with van der Waals surface area (Å²) in [5.74, 6) is 0.290. The van der Waals surface area contributed by atoms with E-state index < -0.39 is 10.0 Å². The summed E-state index contributed by atoms with van der Waals surface area (Å²) in [5.41, 5.74) is 1.33. The maximum Gasteiger partial charge on any atom is 0.265 e. The van der Waals surface area contributed by atoms with E-state index in [1.807, 2.05) is 13.0 Å². The Hall–Kier alpha value is -1.12. The summed E-state index contributed by atoms with van der Waals surface area (Å²) in [6.07, 6.45) is 1.54. The van der Waals surface area contributed by atoms with Crippen molar-refractivity contribution in [2.75, 3.05) is 17.1 Å². The molecule has 0 amide bonds. The van der Waals surface area contributed by atoms with Crippen molar-refractivity contribution < 1.29 is 8.42 Å². The van der Waals surface area contributed by atoms with E-state index in [1.54, 1.807) is 19.2 Å². The van der Waals surface area contributed by atoms with Crippen LogP contribution in [0.5, 0.6) is 0 Å². The average Bonchev–Trinajstić information content (AvgIpc) is 2.44. The van der Waals surface area contributed by atoms with Gasteiger partial charge in [0.25, 0.3) is 10.0 Å². The van der Waals surface area contributed by atoms with E-state index in [2.05, 4.69) is 46.9 Å². The maximum atomic E-state index is 12.6. The molecule has 0 bridgehead atoms. The molecule has 2 rings (SSSR count). The zero-order valence-electron chi connectivity index (χ0n) is 11.3. The van der Waals surface area contributed by atoms with Gasteiger partial charge in [-0.05, 0) is 46.6 Å². The highest BCUT2D eigenvalue weighted by molar-refractivity contribution is 9.10. The van der Waals surface area contributed by atoms with Crippen molar-refractivity contribution in [3.63, 3.8) is 0 Å². The van der Waals surface area contributed by atoms with Crippen molar-refractivity contribution in [3.05, 3.63) is 45.0 Å². The number of aromatic nitrogens is 1. The first-order chi connectivity index (χ1) is 9.85. The molecule has 5 nitrogen and oxygen atoms in total. The van der Waals surface area contributed by atoms with Crippen LogP contribution in [0.2, 0.25) is 0 Å². The summed E-state index contributed by atoms with van der Waals surface area (Å²) in [6.45, 7) is 1.83. The Balaban J connectivity index is 2.48. The summed E-state index contributed by atoms with van der Waals surface area (Å²) in [7, 11) is -2.12. The predicted octanol–water partition coefficient (Wildman–Crippen LogP) is 3.76. The number of hydrogen-bond acceptors (Lipinski definition) is 4. The van der Waals surface area contributed by atoms with Gasteiger partial charge in [-0.2, -0.15) is 0 Å². The van der Waals surface area contributed by atoms with Gasteiger partial charge in [-0.15, -0.1) is 0 Å². The Labute approximate surface area is 140 Å². The Morgan fingerprint density at radius 3 is 2.62 bits per heavy atom. The summed E-state index contributed by atoms with van der Waals surface area (Å²) >= 11 is 6.62. The van der Waals surface area contributed by atoms with Gasteiger partial charge in [0.2, 0.25) is 0 Å². The molecule has 0 fully saturated rings. The van der Waals surface area contributed by atoms with Crippen LogP contribution in [0.25, 0.3) is 0 Å². The lowest BCUT2D eigenvalue weighted by atomic mass is 10.2. The molecular weight excluding hydrogens is 422 g/mol. The molecule has 8 heteroatoms. The second-order valence-corrected chi connectivity index (χ2v) is 7.69. The minimum atomic E-state index is -3.74. The van der Waals surface area contributed by atoms with E-state index in [4.69, 9.17) is 0 Å². The van der Waals surface area contributed by atoms with Crippen molar-refractivity contribution in [1.82, 2.24) is 4.98 Å². The SMILES string of the molecule is CNc1ncc(Br)cc1S(=O)(=O)Nc1cccc(Br)c1C. The first kappa shape index (κ1) is 16.3. The second-order valence-electron chi connectivity index (χ2n) is 4.27. The molecule has 0 radical (unpaired) electrons. The van der Waals surface area contributed by atoms with Crippen LogP contribution in [0.3, 0.4) is 0 Å². The summed E-state index contributed by atoms with van der Waals surface area (Å²) in [4.78, 5) is 4.14. The van der Waals surface area contributed by atoms with Crippen LogP contribution in [0.15, 0.2) is 44.3 Å². The molecule has 0 aliphatic rings. The monoisotopic (exact) mass is 433 g/mol. The Bertz CT molecular complexity index is 779. The van der Waals surface area contributed by atoms with Crippen molar-refractivity contribution in [1.29, 1.82) is 0 Å². The smallest absolute Gasteiger partial charge is 0.265 e. The van der Waals surface area contributed by atoms with Gasteiger partial charge in [-0.1, -0.05) is 22.0 Å². The molecule has 0 spiro atoms. The summed E-state index contributed by atoms with van der Waals surface area (Å²) in [5, 5.41) is 2.78. The standard InChI is InChI=1S/C13H13Br2N3O2S/c1-8-10(15)4-3-5-11(8)18-21(19,20)12-6-9(14)7-17-13(12)16-2/h3-7,18H,1-2H3,(H,16,17). The molecule has 0 atom stereocenters. The lowest BCUT2D eigenvalue weighted by Crippen LogP contribution is -2.16. The minimum absolute atomic E-state index is 0.0822. The summed E-state index contributed by atoms with van der Waals surface area (Å²) < 4.78 is 29.2. The van der Waals surface area contributed by atoms with Crippen LogP contribution in [0.4, 0.5) is 11.5 Å². The zero-order valence-corrected chi connectivity index (χ0v) is 15.3. The highest BCUT2D eigenvalue weighted by Crippen LogP contribution is 2.28. The van der Waals surface area contributed by atoms with E-state index in [0.29, 0.717) is 16.0 Å². The van der Waals surface area contributed by atoms with Crippen molar-refractivity contribution in [2.45, 2.75) is 11.8 Å². The zero-order chi connectivity index (χ0) is 15.6. The van der Waals surface area contributed by atoms with Crippen molar-refractivity contribution in [3.8, 4) is 0 Å². The normalized spacial score (nSPS) is 11.2. The van der Waals surface area contributed by atoms with Crippen LogP contribution in [-0.2, 0) is 10.0 Å².